The molecule has 2 aromatic heterocycles. The normalized spacial score (nSPS) is 19.3. The Labute approximate surface area is 181 Å². The lowest BCUT2D eigenvalue weighted by atomic mass is 10.0. The molecule has 3 rings (SSSR count). The molecule has 1 aliphatic rings. The molecule has 0 saturated carbocycles. The van der Waals surface area contributed by atoms with Crippen molar-refractivity contribution in [3.05, 3.63) is 32.5 Å². The Bertz CT molecular complexity index is 903. The fraction of sp³-hybridized carbons (Fsp3) is 0.471. The SMILES string of the molecule is CONC(=O)c1cnc(N2CC[C@@H](NC(=O)c3[nH]c(C)c(Cl)c3Cl)[C@H](OC)C2)s1. The number of H-pyrrole nitrogens is 1. The number of hydrogen-bond donors (Lipinski definition) is 3. The molecular formula is C17H21Cl2N5O4S. The molecule has 0 aliphatic carbocycles. The van der Waals surface area contributed by atoms with E-state index in [4.69, 9.17) is 27.9 Å². The van der Waals surface area contributed by atoms with E-state index in [1.165, 1.54) is 24.6 Å². The largest absolute Gasteiger partial charge is 0.377 e. The molecule has 1 saturated heterocycles. The number of rotatable bonds is 6. The summed E-state index contributed by atoms with van der Waals surface area (Å²) in [5.74, 6) is -0.684. The van der Waals surface area contributed by atoms with Crippen LogP contribution in [0.1, 0.15) is 32.3 Å². The van der Waals surface area contributed by atoms with E-state index in [1.807, 2.05) is 4.90 Å². The first-order chi connectivity index (χ1) is 13.8. The Morgan fingerprint density at radius 3 is 2.69 bits per heavy atom. The number of carbonyl (C=O) groups excluding carboxylic acids is 2. The Morgan fingerprint density at radius 1 is 1.31 bits per heavy atom. The van der Waals surface area contributed by atoms with Gasteiger partial charge in [0.25, 0.3) is 11.8 Å². The van der Waals surface area contributed by atoms with Crippen LogP contribution in [0.4, 0.5) is 5.13 Å². The highest BCUT2D eigenvalue weighted by molar-refractivity contribution is 7.17. The average Bonchev–Trinajstić information content (AvgIpc) is 3.30. The van der Waals surface area contributed by atoms with Gasteiger partial charge in [-0.25, -0.2) is 10.5 Å². The number of carbonyl (C=O) groups is 2. The van der Waals surface area contributed by atoms with E-state index in [0.717, 1.165) is 0 Å². The van der Waals surface area contributed by atoms with Gasteiger partial charge in [-0.1, -0.05) is 34.5 Å². The van der Waals surface area contributed by atoms with Crippen molar-refractivity contribution in [1.29, 1.82) is 0 Å². The molecule has 2 atom stereocenters. The number of halogens is 2. The number of aryl methyl sites for hydroxylation is 1. The highest BCUT2D eigenvalue weighted by Crippen LogP contribution is 2.30. The van der Waals surface area contributed by atoms with Crippen LogP contribution in [0.15, 0.2) is 6.20 Å². The molecule has 1 fully saturated rings. The maximum atomic E-state index is 12.6. The van der Waals surface area contributed by atoms with Gasteiger partial charge in [-0.05, 0) is 13.3 Å². The van der Waals surface area contributed by atoms with Crippen LogP contribution in [0.2, 0.25) is 10.0 Å². The maximum absolute atomic E-state index is 12.6. The van der Waals surface area contributed by atoms with Crippen LogP contribution in [0.5, 0.6) is 0 Å². The van der Waals surface area contributed by atoms with Crippen molar-refractivity contribution in [2.24, 2.45) is 0 Å². The molecule has 0 bridgehead atoms. The van der Waals surface area contributed by atoms with E-state index in [2.05, 4.69) is 25.6 Å². The molecule has 3 N–H and O–H groups in total. The molecule has 29 heavy (non-hydrogen) atoms. The van der Waals surface area contributed by atoms with E-state index in [-0.39, 0.29) is 34.7 Å². The number of piperidine rings is 1. The minimum absolute atomic E-state index is 0.206. The highest BCUT2D eigenvalue weighted by Gasteiger charge is 2.33. The summed E-state index contributed by atoms with van der Waals surface area (Å²) in [5.41, 5.74) is 3.14. The lowest BCUT2D eigenvalue weighted by molar-refractivity contribution is 0.0539. The van der Waals surface area contributed by atoms with Gasteiger partial charge in [-0.15, -0.1) is 0 Å². The minimum atomic E-state index is -0.349. The maximum Gasteiger partial charge on any atom is 0.286 e. The van der Waals surface area contributed by atoms with Crippen LogP contribution in [-0.4, -0.2) is 61.2 Å². The Balaban J connectivity index is 1.66. The zero-order valence-corrected chi connectivity index (χ0v) is 18.4. The van der Waals surface area contributed by atoms with E-state index in [9.17, 15) is 9.59 Å². The van der Waals surface area contributed by atoms with Gasteiger partial charge in [-0.2, -0.15) is 0 Å². The third kappa shape index (κ3) is 4.67. The Kier molecular flexibility index (Phi) is 7.01. The molecule has 12 heteroatoms. The predicted octanol–water partition coefficient (Wildman–Crippen LogP) is 2.40. The van der Waals surface area contributed by atoms with Gasteiger partial charge >= 0.3 is 0 Å². The molecular weight excluding hydrogens is 441 g/mol. The number of amides is 2. The summed E-state index contributed by atoms with van der Waals surface area (Å²) >= 11 is 13.5. The predicted molar refractivity (Wildman–Crippen MR) is 111 cm³/mol. The molecule has 2 amide bonds. The summed E-state index contributed by atoms with van der Waals surface area (Å²) in [6, 6.07) is -0.210. The van der Waals surface area contributed by atoms with E-state index in [0.29, 0.717) is 40.2 Å². The number of hydroxylamine groups is 1. The van der Waals surface area contributed by atoms with Crippen molar-refractivity contribution in [1.82, 2.24) is 20.8 Å². The van der Waals surface area contributed by atoms with Crippen molar-refractivity contribution in [2.75, 3.05) is 32.2 Å². The number of ether oxygens (including phenoxy) is 1. The highest BCUT2D eigenvalue weighted by atomic mass is 35.5. The number of nitrogens with zero attached hydrogens (tertiary/aromatic N) is 2. The number of nitrogens with one attached hydrogen (secondary N) is 3. The molecule has 3 heterocycles. The van der Waals surface area contributed by atoms with Crippen molar-refractivity contribution in [3.8, 4) is 0 Å². The van der Waals surface area contributed by atoms with Gasteiger partial charge in [-0.3, -0.25) is 14.4 Å². The van der Waals surface area contributed by atoms with Crippen LogP contribution in [-0.2, 0) is 9.57 Å². The van der Waals surface area contributed by atoms with Gasteiger partial charge in [0.05, 0.1) is 35.5 Å². The third-order valence-electron chi connectivity index (χ3n) is 4.64. The summed E-state index contributed by atoms with van der Waals surface area (Å²) in [7, 11) is 2.97. The molecule has 0 spiro atoms. The first kappa shape index (κ1) is 21.8. The number of methoxy groups -OCH3 is 1. The lowest BCUT2D eigenvalue weighted by Gasteiger charge is -2.37. The molecule has 0 radical (unpaired) electrons. The van der Waals surface area contributed by atoms with Gasteiger partial charge in [0.15, 0.2) is 5.13 Å². The van der Waals surface area contributed by atoms with Crippen LogP contribution >= 0.6 is 34.5 Å². The lowest BCUT2D eigenvalue weighted by Crippen LogP contribution is -2.55. The second-order valence-electron chi connectivity index (χ2n) is 6.48. The van der Waals surface area contributed by atoms with E-state index < -0.39 is 0 Å². The first-order valence-corrected chi connectivity index (χ1v) is 10.3. The minimum Gasteiger partial charge on any atom is -0.377 e. The number of anilines is 1. The molecule has 0 aromatic carbocycles. The van der Waals surface area contributed by atoms with Crippen molar-refractivity contribution in [3.63, 3.8) is 0 Å². The monoisotopic (exact) mass is 461 g/mol. The van der Waals surface area contributed by atoms with Crippen LogP contribution in [0.3, 0.4) is 0 Å². The zero-order valence-electron chi connectivity index (χ0n) is 16.0. The summed E-state index contributed by atoms with van der Waals surface area (Å²) in [5, 5.41) is 4.21. The van der Waals surface area contributed by atoms with Crippen molar-refractivity contribution >= 4 is 51.5 Å². The second kappa shape index (κ2) is 9.31. The molecule has 1 aliphatic heterocycles. The number of aromatic nitrogens is 2. The molecule has 158 valence electrons. The molecule has 0 unspecified atom stereocenters. The number of thiazole rings is 1. The quantitative estimate of drug-likeness (QED) is 0.569. The summed E-state index contributed by atoms with van der Waals surface area (Å²) in [4.78, 5) is 38.8. The van der Waals surface area contributed by atoms with Gasteiger partial charge in [0.1, 0.15) is 10.6 Å². The summed E-state index contributed by atoms with van der Waals surface area (Å²) < 4.78 is 5.60. The standard InChI is InChI=1S/C17H21Cl2N5O4S/c1-8-12(18)13(19)14(21-8)16(26)22-9-4-5-24(7-10(9)27-2)17-20-6-11(29-17)15(25)23-28-3/h6,9-10,21H,4-5,7H2,1-3H3,(H,22,26)(H,23,25)/t9-,10-/m1/s1. The summed E-state index contributed by atoms with van der Waals surface area (Å²) in [6.45, 7) is 2.90. The third-order valence-corrected chi connectivity index (χ3v) is 6.65. The topological polar surface area (TPSA) is 109 Å². The number of hydrogen-bond acceptors (Lipinski definition) is 7. The number of aromatic amines is 1. The fourth-order valence-electron chi connectivity index (χ4n) is 3.12. The Morgan fingerprint density at radius 2 is 2.07 bits per heavy atom. The second-order valence-corrected chi connectivity index (χ2v) is 8.25. The van der Waals surface area contributed by atoms with Crippen LogP contribution in [0, 0.1) is 6.92 Å². The van der Waals surface area contributed by atoms with Crippen LogP contribution in [0.25, 0.3) is 0 Å². The smallest absolute Gasteiger partial charge is 0.286 e. The first-order valence-electron chi connectivity index (χ1n) is 8.77. The van der Waals surface area contributed by atoms with Gasteiger partial charge < -0.3 is 19.9 Å². The molecule has 9 nitrogen and oxygen atoms in total. The molecule has 2 aromatic rings. The van der Waals surface area contributed by atoms with Gasteiger partial charge in [0, 0.05) is 25.9 Å². The van der Waals surface area contributed by atoms with Crippen molar-refractivity contribution < 1.29 is 19.2 Å². The zero-order chi connectivity index (χ0) is 21.1. The van der Waals surface area contributed by atoms with Crippen molar-refractivity contribution in [2.45, 2.75) is 25.5 Å². The van der Waals surface area contributed by atoms with Gasteiger partial charge in [0.2, 0.25) is 0 Å². The summed E-state index contributed by atoms with van der Waals surface area (Å²) in [6.07, 6.45) is 1.87. The van der Waals surface area contributed by atoms with E-state index >= 15 is 0 Å². The average molecular weight is 462 g/mol. The van der Waals surface area contributed by atoms with E-state index in [1.54, 1.807) is 14.0 Å². The fourth-order valence-corrected chi connectivity index (χ4v) is 4.38. The van der Waals surface area contributed by atoms with Crippen LogP contribution < -0.4 is 15.7 Å². The Hall–Kier alpha value is -1.85.